The lowest BCUT2D eigenvalue weighted by Crippen LogP contribution is -2.36. The fourth-order valence-electron chi connectivity index (χ4n) is 3.84. The molecule has 2 heterocycles. The summed E-state index contributed by atoms with van der Waals surface area (Å²) in [5, 5.41) is 15.4. The molecule has 0 radical (unpaired) electrons. The van der Waals surface area contributed by atoms with Crippen LogP contribution in [0.5, 0.6) is 0 Å². The van der Waals surface area contributed by atoms with Crippen LogP contribution in [0.15, 0.2) is 48.5 Å². The van der Waals surface area contributed by atoms with Crippen LogP contribution < -0.4 is 5.32 Å². The Morgan fingerprint density at radius 2 is 1.93 bits per heavy atom. The molecule has 1 aromatic heterocycles. The normalized spacial score (nSPS) is 17.1. The summed E-state index contributed by atoms with van der Waals surface area (Å²) < 4.78 is 0. The third kappa shape index (κ3) is 4.91. The number of rotatable bonds is 6. The molecule has 156 valence electrons. The monoisotopic (exact) mass is 404 g/mol. The summed E-state index contributed by atoms with van der Waals surface area (Å²) in [6, 6.07) is 16.6. The molecule has 30 heavy (non-hydrogen) atoms. The van der Waals surface area contributed by atoms with Crippen molar-refractivity contribution in [1.29, 1.82) is 0 Å². The van der Waals surface area contributed by atoms with Crippen molar-refractivity contribution in [3.63, 3.8) is 0 Å². The van der Waals surface area contributed by atoms with Crippen molar-refractivity contribution in [1.82, 2.24) is 25.1 Å². The molecule has 1 N–H and O–H groups in total. The van der Waals surface area contributed by atoms with E-state index in [0.29, 0.717) is 11.9 Å². The molecule has 2 aromatic carbocycles. The van der Waals surface area contributed by atoms with Crippen molar-refractivity contribution in [2.45, 2.75) is 52.2 Å². The van der Waals surface area contributed by atoms with Gasteiger partial charge in [-0.05, 0) is 55.6 Å². The second-order valence-corrected chi connectivity index (χ2v) is 8.02. The Hall–Kier alpha value is -3.06. The largest absolute Gasteiger partial charge is 0.324 e. The minimum absolute atomic E-state index is 0.0201. The number of carbonyl (C=O) groups excluding carboxylic acids is 1. The molecule has 1 aliphatic rings. The first-order chi connectivity index (χ1) is 14.6. The van der Waals surface area contributed by atoms with Crippen molar-refractivity contribution in [3.8, 4) is 11.4 Å². The van der Waals surface area contributed by atoms with Crippen LogP contribution >= 0.6 is 0 Å². The quantitative estimate of drug-likeness (QED) is 0.679. The summed E-state index contributed by atoms with van der Waals surface area (Å²) in [6.07, 6.45) is 3.90. The molecule has 0 saturated carbocycles. The number of tetrazole rings is 1. The molecule has 0 aliphatic carbocycles. The Morgan fingerprint density at radius 1 is 1.13 bits per heavy atom. The highest BCUT2D eigenvalue weighted by Crippen LogP contribution is 2.21. The van der Waals surface area contributed by atoms with Crippen molar-refractivity contribution >= 4 is 11.6 Å². The number of amides is 1. The molecule has 7 heteroatoms. The number of nitrogens with one attached hydrogen (secondary N) is 1. The van der Waals surface area contributed by atoms with Gasteiger partial charge in [0.1, 0.15) is 6.54 Å². The molecule has 1 amide bonds. The number of aryl methyl sites for hydroxylation is 1. The van der Waals surface area contributed by atoms with Crippen LogP contribution in [-0.2, 0) is 17.9 Å². The summed E-state index contributed by atoms with van der Waals surface area (Å²) in [4.78, 5) is 16.2. The lowest BCUT2D eigenvalue weighted by molar-refractivity contribution is -0.117. The lowest BCUT2D eigenvalue weighted by atomic mass is 10.0. The number of aromatic nitrogens is 4. The van der Waals surface area contributed by atoms with Crippen LogP contribution in [0.2, 0.25) is 0 Å². The van der Waals surface area contributed by atoms with Crippen LogP contribution in [-0.4, -0.2) is 43.6 Å². The molecule has 1 saturated heterocycles. The van der Waals surface area contributed by atoms with Crippen LogP contribution in [0.25, 0.3) is 11.4 Å². The summed E-state index contributed by atoms with van der Waals surface area (Å²) in [6.45, 7) is 6.43. The molecule has 0 spiro atoms. The van der Waals surface area contributed by atoms with E-state index in [-0.39, 0.29) is 12.5 Å². The summed E-state index contributed by atoms with van der Waals surface area (Å²) in [5.74, 6) is 0.343. The fourth-order valence-corrected chi connectivity index (χ4v) is 3.84. The Labute approximate surface area is 177 Å². The third-order valence-electron chi connectivity index (χ3n) is 5.70. The second kappa shape index (κ2) is 9.17. The van der Waals surface area contributed by atoms with E-state index in [1.165, 1.54) is 36.2 Å². The van der Waals surface area contributed by atoms with E-state index in [2.05, 4.69) is 44.7 Å². The van der Waals surface area contributed by atoms with E-state index >= 15 is 0 Å². The standard InChI is InChI=1S/C23H28N6O/c1-17-7-3-4-9-21(17)24-22(30)16-29-26-23(25-27-29)20-12-10-19(11-13-20)15-28-14-6-5-8-18(28)2/h3-4,7,9-13,18H,5-6,8,14-16H2,1-2H3,(H,24,30)/t18-/m1/s1. The summed E-state index contributed by atoms with van der Waals surface area (Å²) in [5.41, 5.74) is 3.99. The Bertz CT molecular complexity index is 997. The molecule has 1 atom stereocenters. The van der Waals surface area contributed by atoms with Crippen molar-refractivity contribution in [2.75, 3.05) is 11.9 Å². The van der Waals surface area contributed by atoms with Crippen molar-refractivity contribution in [2.24, 2.45) is 0 Å². The molecule has 7 nitrogen and oxygen atoms in total. The van der Waals surface area contributed by atoms with E-state index in [9.17, 15) is 4.79 Å². The Kier molecular flexibility index (Phi) is 6.18. The van der Waals surface area contributed by atoms with Gasteiger partial charge in [-0.15, -0.1) is 10.2 Å². The van der Waals surface area contributed by atoms with Gasteiger partial charge in [0.25, 0.3) is 0 Å². The molecule has 1 aliphatic heterocycles. The maximum atomic E-state index is 12.3. The third-order valence-corrected chi connectivity index (χ3v) is 5.70. The SMILES string of the molecule is Cc1ccccc1NC(=O)Cn1nnc(-c2ccc(CN3CCCC[C@H]3C)cc2)n1. The van der Waals surface area contributed by atoms with Crippen molar-refractivity contribution in [3.05, 3.63) is 59.7 Å². The number of piperidine rings is 1. The molecular formula is C23H28N6O. The Balaban J connectivity index is 1.36. The molecule has 3 aromatic rings. The van der Waals surface area contributed by atoms with Gasteiger partial charge in [0.05, 0.1) is 0 Å². The molecule has 4 rings (SSSR count). The number of hydrogen-bond acceptors (Lipinski definition) is 5. The van der Waals surface area contributed by atoms with Crippen LogP contribution in [0.3, 0.4) is 0 Å². The number of nitrogens with zero attached hydrogens (tertiary/aromatic N) is 5. The maximum absolute atomic E-state index is 12.3. The minimum Gasteiger partial charge on any atom is -0.324 e. The predicted molar refractivity (Wildman–Crippen MR) is 117 cm³/mol. The molecule has 0 unspecified atom stereocenters. The Morgan fingerprint density at radius 3 is 2.70 bits per heavy atom. The van der Waals surface area contributed by atoms with Gasteiger partial charge in [0.15, 0.2) is 0 Å². The van der Waals surface area contributed by atoms with Crippen molar-refractivity contribution < 1.29 is 4.79 Å². The summed E-state index contributed by atoms with van der Waals surface area (Å²) >= 11 is 0. The smallest absolute Gasteiger partial charge is 0.248 e. The number of benzene rings is 2. The van der Waals surface area contributed by atoms with Crippen LogP contribution in [0.1, 0.15) is 37.3 Å². The number of anilines is 1. The molecule has 1 fully saturated rings. The lowest BCUT2D eigenvalue weighted by Gasteiger charge is -2.33. The average molecular weight is 405 g/mol. The van der Waals surface area contributed by atoms with Gasteiger partial charge in [0.2, 0.25) is 11.7 Å². The van der Waals surface area contributed by atoms with E-state index in [1.807, 2.05) is 43.3 Å². The van der Waals surface area contributed by atoms with E-state index < -0.39 is 0 Å². The van der Waals surface area contributed by atoms with E-state index in [0.717, 1.165) is 23.4 Å². The number of likely N-dealkylation sites (tertiary alicyclic amines) is 1. The minimum atomic E-state index is -0.181. The van der Waals surface area contributed by atoms with Gasteiger partial charge < -0.3 is 5.32 Å². The number of hydrogen-bond donors (Lipinski definition) is 1. The fraction of sp³-hybridized carbons (Fsp3) is 0.391. The highest BCUT2D eigenvalue weighted by molar-refractivity contribution is 5.91. The van der Waals surface area contributed by atoms with Gasteiger partial charge in [-0.25, -0.2) is 0 Å². The van der Waals surface area contributed by atoms with E-state index in [4.69, 9.17) is 0 Å². The van der Waals surface area contributed by atoms with Gasteiger partial charge in [-0.1, -0.05) is 48.9 Å². The van der Waals surface area contributed by atoms with Gasteiger partial charge >= 0.3 is 0 Å². The van der Waals surface area contributed by atoms with Gasteiger partial charge in [-0.3, -0.25) is 9.69 Å². The zero-order valence-electron chi connectivity index (χ0n) is 17.6. The zero-order valence-corrected chi connectivity index (χ0v) is 17.6. The average Bonchev–Trinajstić information content (AvgIpc) is 3.20. The molecular weight excluding hydrogens is 376 g/mol. The van der Waals surface area contributed by atoms with Crippen LogP contribution in [0.4, 0.5) is 5.69 Å². The number of carbonyl (C=O) groups is 1. The predicted octanol–water partition coefficient (Wildman–Crippen LogP) is 3.66. The van der Waals surface area contributed by atoms with Crippen LogP contribution in [0, 0.1) is 6.92 Å². The number of para-hydroxylation sites is 1. The first kappa shape index (κ1) is 20.2. The topological polar surface area (TPSA) is 75.9 Å². The second-order valence-electron chi connectivity index (χ2n) is 8.02. The highest BCUT2D eigenvalue weighted by atomic mass is 16.2. The first-order valence-corrected chi connectivity index (χ1v) is 10.5. The molecule has 0 bridgehead atoms. The first-order valence-electron chi connectivity index (χ1n) is 10.5. The van der Waals surface area contributed by atoms with Gasteiger partial charge in [0, 0.05) is 23.8 Å². The zero-order chi connectivity index (χ0) is 20.9. The maximum Gasteiger partial charge on any atom is 0.248 e. The van der Waals surface area contributed by atoms with Gasteiger partial charge in [-0.2, -0.15) is 4.80 Å². The highest BCUT2D eigenvalue weighted by Gasteiger charge is 2.18. The summed E-state index contributed by atoms with van der Waals surface area (Å²) in [7, 11) is 0. The van der Waals surface area contributed by atoms with E-state index in [1.54, 1.807) is 0 Å².